The molecule has 2 rings (SSSR count). The second-order valence-electron chi connectivity index (χ2n) is 4.20. The van der Waals surface area contributed by atoms with Crippen LogP contribution in [0.2, 0.25) is 0 Å². The van der Waals surface area contributed by atoms with E-state index < -0.39 is 11.7 Å². The number of amides is 1. The van der Waals surface area contributed by atoms with E-state index in [4.69, 9.17) is 4.74 Å². The molecule has 0 aliphatic heterocycles. The molecule has 0 aliphatic rings. The van der Waals surface area contributed by atoms with Crippen LogP contribution in [-0.4, -0.2) is 40.2 Å². The lowest BCUT2D eigenvalue weighted by molar-refractivity contribution is 0.0946. The minimum atomic E-state index is -0.681. The first-order chi connectivity index (χ1) is 9.63. The van der Waals surface area contributed by atoms with E-state index >= 15 is 0 Å². The summed E-state index contributed by atoms with van der Waals surface area (Å²) in [6.45, 7) is 2.10. The molecule has 1 aromatic carbocycles. The van der Waals surface area contributed by atoms with E-state index in [2.05, 4.69) is 25.9 Å². The van der Waals surface area contributed by atoms with Crippen LogP contribution in [0.1, 0.15) is 29.0 Å². The predicted molar refractivity (Wildman–Crippen MR) is 67.9 cm³/mol. The van der Waals surface area contributed by atoms with Crippen molar-refractivity contribution in [1.29, 1.82) is 0 Å². The number of hydrogen-bond acceptors (Lipinski definition) is 5. The van der Waals surface area contributed by atoms with Crippen LogP contribution in [0.25, 0.3) is 0 Å². The van der Waals surface area contributed by atoms with Gasteiger partial charge in [0.15, 0.2) is 17.4 Å². The normalized spacial score (nSPS) is 11.9. The largest absolute Gasteiger partial charge is 0.494 e. The molecule has 0 saturated heterocycles. The number of carbonyl (C=O) groups excluding carboxylic acids is 1. The van der Waals surface area contributed by atoms with Gasteiger partial charge < -0.3 is 10.1 Å². The van der Waals surface area contributed by atoms with Crippen LogP contribution in [0.4, 0.5) is 4.39 Å². The maximum Gasteiger partial charge on any atom is 0.254 e. The Balaban J connectivity index is 2.02. The number of halogens is 1. The number of hydrogen-bond donors (Lipinski definition) is 2. The fourth-order valence-electron chi connectivity index (χ4n) is 1.65. The Morgan fingerprint density at radius 1 is 1.55 bits per heavy atom. The van der Waals surface area contributed by atoms with Gasteiger partial charge in [0.1, 0.15) is 0 Å². The van der Waals surface area contributed by atoms with Gasteiger partial charge >= 0.3 is 0 Å². The van der Waals surface area contributed by atoms with E-state index in [0.717, 1.165) is 0 Å². The van der Waals surface area contributed by atoms with Gasteiger partial charge in [-0.05, 0) is 12.1 Å². The van der Waals surface area contributed by atoms with Crippen LogP contribution in [0.15, 0.2) is 18.2 Å². The molecule has 106 valence electrons. The molecular formula is C12H14FN5O2. The highest BCUT2D eigenvalue weighted by molar-refractivity contribution is 5.94. The zero-order chi connectivity index (χ0) is 14.5. The van der Waals surface area contributed by atoms with Gasteiger partial charge in [-0.15, -0.1) is 10.2 Å². The maximum atomic E-state index is 13.9. The Morgan fingerprint density at radius 2 is 2.35 bits per heavy atom. The summed E-state index contributed by atoms with van der Waals surface area (Å²) in [6.07, 6.45) is 0. The molecule has 0 unspecified atom stereocenters. The molecule has 1 aromatic heterocycles. The van der Waals surface area contributed by atoms with Crippen LogP contribution in [0, 0.1) is 5.82 Å². The molecule has 0 aliphatic carbocycles. The van der Waals surface area contributed by atoms with Crippen molar-refractivity contribution in [2.75, 3.05) is 13.7 Å². The quantitative estimate of drug-likeness (QED) is 0.847. The summed E-state index contributed by atoms with van der Waals surface area (Å²) >= 11 is 0. The average molecular weight is 279 g/mol. The van der Waals surface area contributed by atoms with Crippen molar-refractivity contribution in [1.82, 2.24) is 25.9 Å². The lowest BCUT2D eigenvalue weighted by Gasteiger charge is -2.10. The number of aromatic nitrogens is 4. The van der Waals surface area contributed by atoms with Crippen molar-refractivity contribution in [3.05, 3.63) is 35.4 Å². The van der Waals surface area contributed by atoms with Gasteiger partial charge in [0.25, 0.3) is 5.91 Å². The van der Waals surface area contributed by atoms with Crippen molar-refractivity contribution < 1.29 is 13.9 Å². The molecule has 0 fully saturated rings. The van der Waals surface area contributed by atoms with Crippen molar-refractivity contribution in [3.8, 4) is 5.75 Å². The standard InChI is InChI=1S/C12H14FN5O2/c1-7(11-15-17-18-16-11)6-14-12(19)8-4-3-5-9(20-2)10(8)13/h3-5,7H,6H2,1-2H3,(H,14,19)(H,15,16,17,18)/t7-/m0/s1. The Hall–Kier alpha value is -2.51. The number of aromatic amines is 1. The first-order valence-electron chi connectivity index (χ1n) is 5.97. The molecule has 2 aromatic rings. The number of ether oxygens (including phenoxy) is 1. The average Bonchev–Trinajstić information content (AvgIpc) is 2.99. The van der Waals surface area contributed by atoms with E-state index in [0.29, 0.717) is 5.82 Å². The van der Waals surface area contributed by atoms with E-state index in [1.54, 1.807) is 6.07 Å². The number of methoxy groups -OCH3 is 1. The van der Waals surface area contributed by atoms with E-state index in [1.165, 1.54) is 19.2 Å². The first-order valence-corrected chi connectivity index (χ1v) is 5.97. The highest BCUT2D eigenvalue weighted by Crippen LogP contribution is 2.19. The Morgan fingerprint density at radius 3 is 3.00 bits per heavy atom. The third-order valence-corrected chi connectivity index (χ3v) is 2.80. The minimum absolute atomic E-state index is 0.0314. The maximum absolute atomic E-state index is 13.9. The SMILES string of the molecule is COc1cccc(C(=O)NC[C@H](C)c2nn[nH]n2)c1F. The van der Waals surface area contributed by atoms with Gasteiger partial charge in [-0.1, -0.05) is 18.2 Å². The molecular weight excluding hydrogens is 265 g/mol. The number of tetrazole rings is 1. The summed E-state index contributed by atoms with van der Waals surface area (Å²) in [5.74, 6) is -0.817. The highest BCUT2D eigenvalue weighted by atomic mass is 19.1. The molecule has 1 amide bonds. The molecule has 0 saturated carbocycles. The van der Waals surface area contributed by atoms with Crippen molar-refractivity contribution in [2.45, 2.75) is 12.8 Å². The number of benzene rings is 1. The fraction of sp³-hybridized carbons (Fsp3) is 0.333. The number of H-pyrrole nitrogens is 1. The summed E-state index contributed by atoms with van der Waals surface area (Å²) in [5, 5.41) is 16.0. The second kappa shape index (κ2) is 6.09. The van der Waals surface area contributed by atoms with Crippen molar-refractivity contribution in [3.63, 3.8) is 0 Å². The highest BCUT2D eigenvalue weighted by Gasteiger charge is 2.17. The minimum Gasteiger partial charge on any atom is -0.494 e. The summed E-state index contributed by atoms with van der Waals surface area (Å²) in [6, 6.07) is 4.40. The Bertz CT molecular complexity index is 588. The predicted octanol–water partition coefficient (Wildman–Crippen LogP) is 0.881. The Labute approximate surface area is 114 Å². The number of nitrogens with zero attached hydrogens (tertiary/aromatic N) is 3. The molecule has 8 heteroatoms. The summed E-state index contributed by atoms with van der Waals surface area (Å²) in [7, 11) is 1.35. The van der Waals surface area contributed by atoms with E-state index in [-0.39, 0.29) is 23.8 Å². The molecule has 0 radical (unpaired) electrons. The molecule has 20 heavy (non-hydrogen) atoms. The molecule has 1 atom stereocenters. The van der Waals surface area contributed by atoms with E-state index in [1.807, 2.05) is 6.92 Å². The zero-order valence-corrected chi connectivity index (χ0v) is 11.1. The first kappa shape index (κ1) is 13.9. The van der Waals surface area contributed by atoms with Crippen molar-refractivity contribution >= 4 is 5.91 Å². The van der Waals surface area contributed by atoms with Crippen LogP contribution in [-0.2, 0) is 0 Å². The van der Waals surface area contributed by atoms with Gasteiger partial charge in [0.05, 0.1) is 12.7 Å². The number of nitrogens with one attached hydrogen (secondary N) is 2. The molecule has 0 spiro atoms. The molecule has 0 bridgehead atoms. The van der Waals surface area contributed by atoms with Crippen molar-refractivity contribution in [2.24, 2.45) is 0 Å². The smallest absolute Gasteiger partial charge is 0.254 e. The van der Waals surface area contributed by atoms with Crippen LogP contribution in [0.5, 0.6) is 5.75 Å². The van der Waals surface area contributed by atoms with Gasteiger partial charge in [-0.3, -0.25) is 4.79 Å². The van der Waals surface area contributed by atoms with Gasteiger partial charge in [-0.25, -0.2) is 4.39 Å². The third-order valence-electron chi connectivity index (χ3n) is 2.80. The zero-order valence-electron chi connectivity index (χ0n) is 11.1. The summed E-state index contributed by atoms with van der Waals surface area (Å²) in [4.78, 5) is 11.9. The topological polar surface area (TPSA) is 92.8 Å². The van der Waals surface area contributed by atoms with Crippen LogP contribution < -0.4 is 10.1 Å². The monoisotopic (exact) mass is 279 g/mol. The van der Waals surface area contributed by atoms with Crippen LogP contribution in [0.3, 0.4) is 0 Å². The molecule has 1 heterocycles. The fourth-order valence-corrected chi connectivity index (χ4v) is 1.65. The van der Waals surface area contributed by atoms with Gasteiger partial charge in [0.2, 0.25) is 0 Å². The number of carbonyl (C=O) groups is 1. The lowest BCUT2D eigenvalue weighted by Crippen LogP contribution is -2.28. The molecule has 2 N–H and O–H groups in total. The van der Waals surface area contributed by atoms with Gasteiger partial charge in [0, 0.05) is 12.5 Å². The Kier molecular flexibility index (Phi) is 4.24. The lowest BCUT2D eigenvalue weighted by atomic mass is 10.1. The number of rotatable bonds is 5. The molecule has 7 nitrogen and oxygen atoms in total. The second-order valence-corrected chi connectivity index (χ2v) is 4.20. The summed E-state index contributed by atoms with van der Waals surface area (Å²) < 4.78 is 18.7. The van der Waals surface area contributed by atoms with E-state index in [9.17, 15) is 9.18 Å². The van der Waals surface area contributed by atoms with Crippen LogP contribution >= 0.6 is 0 Å². The summed E-state index contributed by atoms with van der Waals surface area (Å²) in [5.41, 5.74) is -0.0651. The third kappa shape index (κ3) is 2.90. The van der Waals surface area contributed by atoms with Gasteiger partial charge in [-0.2, -0.15) is 5.21 Å².